The number of nitrogens with one attached hydrogen (secondary N) is 1. The van der Waals surface area contributed by atoms with Crippen molar-refractivity contribution in [1.29, 1.82) is 0 Å². The predicted molar refractivity (Wildman–Crippen MR) is 142 cm³/mol. The van der Waals surface area contributed by atoms with E-state index < -0.39 is 28.7 Å². The first kappa shape index (κ1) is 27.9. The van der Waals surface area contributed by atoms with Crippen molar-refractivity contribution in [3.63, 3.8) is 0 Å². The quantitative estimate of drug-likeness (QED) is 0.213. The molecular weight excluding hydrogens is 478 g/mol. The molecule has 3 rings (SSSR count). The van der Waals surface area contributed by atoms with E-state index in [1.165, 1.54) is 7.11 Å². The Balaban J connectivity index is 1.86. The number of benzene rings is 1. The maximum atomic E-state index is 13.2. The van der Waals surface area contributed by atoms with Gasteiger partial charge in [0.05, 0.1) is 18.2 Å². The van der Waals surface area contributed by atoms with Crippen molar-refractivity contribution in [1.82, 2.24) is 4.98 Å². The second kappa shape index (κ2) is 13.0. The number of hydrogen-bond donors (Lipinski definition) is 2. The molecule has 0 amide bonds. The summed E-state index contributed by atoms with van der Waals surface area (Å²) in [6.45, 7) is 4.14. The summed E-state index contributed by atoms with van der Waals surface area (Å²) in [6, 6.07) is 13.1. The molecule has 1 aromatic carbocycles. The molecule has 7 heteroatoms. The van der Waals surface area contributed by atoms with Gasteiger partial charge in [0.2, 0.25) is 5.06 Å². The zero-order chi connectivity index (χ0) is 26.0. The molecular formula is C29H38ClNO5. The summed E-state index contributed by atoms with van der Waals surface area (Å²) in [5.74, 6) is 0.817. The van der Waals surface area contributed by atoms with Crippen molar-refractivity contribution < 1.29 is 24.1 Å². The molecule has 0 saturated carbocycles. The van der Waals surface area contributed by atoms with Gasteiger partial charge in [0, 0.05) is 12.6 Å². The molecule has 0 spiro atoms. The third kappa shape index (κ3) is 6.74. The number of aliphatic hydroxyl groups is 1. The number of esters is 1. The van der Waals surface area contributed by atoms with Gasteiger partial charge in [-0.3, -0.25) is 4.79 Å². The first-order valence-electron chi connectivity index (χ1n) is 12.8. The van der Waals surface area contributed by atoms with Gasteiger partial charge in [0.25, 0.3) is 0 Å². The number of unbranched alkanes of at least 4 members (excludes halogenated alkanes) is 2. The fourth-order valence-electron chi connectivity index (χ4n) is 4.62. The number of methoxy groups -OCH3 is 1. The molecule has 0 bridgehead atoms. The molecule has 0 saturated heterocycles. The van der Waals surface area contributed by atoms with E-state index >= 15 is 0 Å². The van der Waals surface area contributed by atoms with Gasteiger partial charge in [-0.25, -0.2) is 0 Å². The lowest BCUT2D eigenvalue weighted by atomic mass is 9.71. The molecule has 1 aromatic heterocycles. The number of alkyl halides is 1. The smallest absolute Gasteiger partial charge is 0.314 e. The average molecular weight is 516 g/mol. The van der Waals surface area contributed by atoms with E-state index in [-0.39, 0.29) is 0 Å². The molecule has 1 heterocycles. The summed E-state index contributed by atoms with van der Waals surface area (Å²) in [5.41, 5.74) is -0.399. The lowest BCUT2D eigenvalue weighted by Gasteiger charge is -2.39. The fourth-order valence-corrected chi connectivity index (χ4v) is 4.85. The third-order valence-electron chi connectivity index (χ3n) is 6.70. The number of halogens is 1. The Morgan fingerprint density at radius 3 is 2.36 bits per heavy atom. The molecule has 2 N–H and O–H groups in total. The number of aromatic nitrogens is 1. The minimum absolute atomic E-state index is 0.372. The number of ether oxygens (including phenoxy) is 3. The maximum Gasteiger partial charge on any atom is 0.314 e. The largest absolute Gasteiger partial charge is 0.482 e. The van der Waals surface area contributed by atoms with Crippen LogP contribution in [-0.2, 0) is 14.3 Å². The molecule has 36 heavy (non-hydrogen) atoms. The van der Waals surface area contributed by atoms with Gasteiger partial charge in [0.15, 0.2) is 6.10 Å². The van der Waals surface area contributed by atoms with E-state index in [4.69, 9.17) is 25.8 Å². The zero-order valence-corrected chi connectivity index (χ0v) is 22.2. The van der Waals surface area contributed by atoms with Crippen LogP contribution in [0.2, 0.25) is 0 Å². The van der Waals surface area contributed by atoms with Gasteiger partial charge in [-0.2, -0.15) is 0 Å². The molecule has 1 aliphatic rings. The minimum Gasteiger partial charge on any atom is -0.482 e. The second-order valence-corrected chi connectivity index (χ2v) is 9.95. The Kier molecular flexibility index (Phi) is 10.1. The predicted octanol–water partition coefficient (Wildman–Crippen LogP) is 6.83. The number of para-hydroxylation sites is 1. The summed E-state index contributed by atoms with van der Waals surface area (Å²) in [7, 11) is 1.38. The van der Waals surface area contributed by atoms with Crippen molar-refractivity contribution in [3.8, 4) is 5.75 Å². The number of carbonyl (C=O) groups is 1. The van der Waals surface area contributed by atoms with Gasteiger partial charge in [0.1, 0.15) is 17.6 Å². The Hall–Kier alpha value is -2.70. The van der Waals surface area contributed by atoms with Crippen LogP contribution in [0.5, 0.6) is 5.75 Å². The lowest BCUT2D eigenvalue weighted by molar-refractivity contribution is -0.171. The molecule has 0 aliphatic heterocycles. The Labute approximate surface area is 219 Å². The highest BCUT2D eigenvalue weighted by Gasteiger charge is 2.50. The van der Waals surface area contributed by atoms with E-state index in [0.717, 1.165) is 25.7 Å². The summed E-state index contributed by atoms with van der Waals surface area (Å²) in [5, 5.41) is 10.8. The minimum atomic E-state index is -1.13. The topological polar surface area (TPSA) is 80.8 Å². The lowest BCUT2D eigenvalue weighted by Crippen LogP contribution is -2.47. The Morgan fingerprint density at radius 2 is 1.83 bits per heavy atom. The summed E-state index contributed by atoms with van der Waals surface area (Å²) < 4.78 is 17.6. The van der Waals surface area contributed by atoms with E-state index in [1.54, 1.807) is 18.3 Å². The average Bonchev–Trinajstić information content (AvgIpc) is 3.43. The molecule has 3 unspecified atom stereocenters. The number of hydrogen-bond acceptors (Lipinski definition) is 5. The van der Waals surface area contributed by atoms with Gasteiger partial charge < -0.3 is 24.3 Å². The van der Waals surface area contributed by atoms with Gasteiger partial charge >= 0.3 is 5.97 Å². The van der Waals surface area contributed by atoms with Gasteiger partial charge in [-0.05, 0) is 55.3 Å². The molecule has 196 valence electrons. The summed E-state index contributed by atoms with van der Waals surface area (Å²) >= 11 is 6.70. The Bertz CT molecular complexity index is 996. The van der Waals surface area contributed by atoms with Crippen LogP contribution >= 0.6 is 11.6 Å². The molecule has 0 fully saturated rings. The monoisotopic (exact) mass is 515 g/mol. The third-order valence-corrected chi connectivity index (χ3v) is 7.06. The van der Waals surface area contributed by atoms with Crippen LogP contribution in [0.1, 0.15) is 70.6 Å². The Morgan fingerprint density at radius 1 is 1.14 bits per heavy atom. The van der Waals surface area contributed by atoms with Gasteiger partial charge in [-0.1, -0.05) is 69.3 Å². The fraction of sp³-hybridized carbons (Fsp3) is 0.483. The van der Waals surface area contributed by atoms with Crippen molar-refractivity contribution in [3.05, 3.63) is 78.3 Å². The van der Waals surface area contributed by atoms with Crippen molar-refractivity contribution >= 4 is 17.6 Å². The number of aromatic amines is 1. The number of allylic oxidation sites excluding steroid dienone is 1. The molecule has 3 atom stereocenters. The molecule has 1 aliphatic carbocycles. The summed E-state index contributed by atoms with van der Waals surface area (Å²) in [6.07, 6.45) is 9.98. The van der Waals surface area contributed by atoms with Crippen LogP contribution in [-0.4, -0.2) is 34.3 Å². The zero-order valence-electron chi connectivity index (χ0n) is 21.4. The first-order valence-corrected chi connectivity index (χ1v) is 13.1. The standard InChI is InChI=1S/C29H38ClNO5/c1-4-6-17-28(18-7-5-2,27(33)34-3)26(32)25(24-14-11-21-31-24)35-22-15-19-29(30,20-16-22)36-23-12-9-8-10-13-23/h8-16,19,21,25-26,31-32H,4-7,17-18,20H2,1-3H3. The maximum absolute atomic E-state index is 13.2. The van der Waals surface area contributed by atoms with Crippen LogP contribution in [0.25, 0.3) is 0 Å². The number of carbonyl (C=O) groups excluding carboxylic acids is 1. The molecule has 0 radical (unpaired) electrons. The van der Waals surface area contributed by atoms with Crippen molar-refractivity contribution in [2.24, 2.45) is 5.41 Å². The number of rotatable bonds is 14. The van der Waals surface area contributed by atoms with Crippen LogP contribution in [0.3, 0.4) is 0 Å². The number of H-pyrrole nitrogens is 1. The summed E-state index contributed by atoms with van der Waals surface area (Å²) in [4.78, 5) is 16.4. The highest BCUT2D eigenvalue weighted by atomic mass is 35.5. The normalized spacial score (nSPS) is 19.3. The van der Waals surface area contributed by atoms with Crippen LogP contribution in [0, 0.1) is 5.41 Å². The van der Waals surface area contributed by atoms with Crippen LogP contribution in [0.4, 0.5) is 0 Å². The van der Waals surface area contributed by atoms with E-state index in [2.05, 4.69) is 18.8 Å². The number of aliphatic hydroxyl groups excluding tert-OH is 1. The van der Waals surface area contributed by atoms with Crippen LogP contribution in [0.15, 0.2) is 72.6 Å². The molecule has 2 aromatic rings. The van der Waals surface area contributed by atoms with E-state index in [0.29, 0.717) is 36.5 Å². The highest BCUT2D eigenvalue weighted by Crippen LogP contribution is 2.44. The van der Waals surface area contributed by atoms with E-state index in [1.807, 2.05) is 48.5 Å². The second-order valence-electron chi connectivity index (χ2n) is 9.31. The van der Waals surface area contributed by atoms with E-state index in [9.17, 15) is 9.90 Å². The van der Waals surface area contributed by atoms with Crippen LogP contribution < -0.4 is 4.74 Å². The van der Waals surface area contributed by atoms with Crippen molar-refractivity contribution in [2.45, 2.75) is 76.1 Å². The SMILES string of the molecule is CCCCC(CCCC)(C(=O)OC)C(O)C(OC1=CCC(Cl)(Oc2ccccc2)C=C1)c1ccc[nH]1. The first-order chi connectivity index (χ1) is 17.4. The highest BCUT2D eigenvalue weighted by molar-refractivity contribution is 6.24. The van der Waals surface area contributed by atoms with Gasteiger partial charge in [-0.15, -0.1) is 0 Å². The molecule has 6 nitrogen and oxygen atoms in total. The van der Waals surface area contributed by atoms with Crippen molar-refractivity contribution in [2.75, 3.05) is 7.11 Å².